The molecular formula is C15H27NO3. The molecule has 4 atom stereocenters. The molecule has 4 nitrogen and oxygen atoms in total. The van der Waals surface area contributed by atoms with Crippen LogP contribution in [0.2, 0.25) is 0 Å². The lowest BCUT2D eigenvalue weighted by atomic mass is 9.78. The van der Waals surface area contributed by atoms with Gasteiger partial charge < -0.3 is 19.5 Å². The van der Waals surface area contributed by atoms with Crippen LogP contribution in [0.15, 0.2) is 0 Å². The lowest BCUT2D eigenvalue weighted by Crippen LogP contribution is -2.52. The summed E-state index contributed by atoms with van der Waals surface area (Å²) in [5.41, 5.74) is -0.000140. The molecular weight excluding hydrogens is 242 g/mol. The SMILES string of the molecule is CNC(C1CCOC2(CCOC2)C1)C(OC)C1CC1. The summed E-state index contributed by atoms with van der Waals surface area (Å²) in [4.78, 5) is 0. The fraction of sp³-hybridized carbons (Fsp3) is 1.00. The van der Waals surface area contributed by atoms with Crippen LogP contribution in [0.25, 0.3) is 0 Å². The van der Waals surface area contributed by atoms with Gasteiger partial charge in [0, 0.05) is 32.8 Å². The fourth-order valence-electron chi connectivity index (χ4n) is 3.96. The average Bonchev–Trinajstić information content (AvgIpc) is 3.18. The summed E-state index contributed by atoms with van der Waals surface area (Å²) < 4.78 is 17.4. The molecule has 1 aliphatic carbocycles. The van der Waals surface area contributed by atoms with Crippen molar-refractivity contribution in [1.82, 2.24) is 5.32 Å². The predicted molar refractivity (Wildman–Crippen MR) is 73.2 cm³/mol. The van der Waals surface area contributed by atoms with Gasteiger partial charge in [0.05, 0.1) is 18.3 Å². The molecule has 0 bridgehead atoms. The zero-order chi connectivity index (χ0) is 13.3. The summed E-state index contributed by atoms with van der Waals surface area (Å²) in [7, 11) is 3.94. The third-order valence-electron chi connectivity index (χ3n) is 5.15. The molecule has 1 N–H and O–H groups in total. The van der Waals surface area contributed by atoms with Crippen molar-refractivity contribution in [3.63, 3.8) is 0 Å². The summed E-state index contributed by atoms with van der Waals surface area (Å²) in [6.07, 6.45) is 6.33. The monoisotopic (exact) mass is 269 g/mol. The van der Waals surface area contributed by atoms with Gasteiger partial charge in [-0.3, -0.25) is 0 Å². The smallest absolute Gasteiger partial charge is 0.0939 e. The molecule has 0 aromatic carbocycles. The van der Waals surface area contributed by atoms with Crippen LogP contribution in [0.3, 0.4) is 0 Å². The normalized spacial score (nSPS) is 38.5. The molecule has 2 saturated heterocycles. The standard InChI is InChI=1S/C15H27NO3/c1-16-13(14(17-2)11-3-4-11)12-5-7-19-15(9-12)6-8-18-10-15/h11-14,16H,3-10H2,1-2H3. The number of nitrogens with one attached hydrogen (secondary N) is 1. The van der Waals surface area contributed by atoms with Crippen LogP contribution in [0.4, 0.5) is 0 Å². The highest BCUT2D eigenvalue weighted by atomic mass is 16.6. The van der Waals surface area contributed by atoms with Crippen LogP contribution in [-0.4, -0.2) is 51.7 Å². The van der Waals surface area contributed by atoms with E-state index in [9.17, 15) is 0 Å². The summed E-state index contributed by atoms with van der Waals surface area (Å²) in [5.74, 6) is 1.41. The Bertz CT molecular complexity index is 300. The molecule has 110 valence electrons. The third kappa shape index (κ3) is 2.82. The first kappa shape index (κ1) is 13.8. The molecule has 0 amide bonds. The Morgan fingerprint density at radius 2 is 2.05 bits per heavy atom. The van der Waals surface area contributed by atoms with Crippen molar-refractivity contribution in [2.24, 2.45) is 11.8 Å². The molecule has 2 aliphatic heterocycles. The number of methoxy groups -OCH3 is 1. The van der Waals surface area contributed by atoms with E-state index in [-0.39, 0.29) is 5.60 Å². The molecule has 2 heterocycles. The molecule has 0 aromatic rings. The first-order chi connectivity index (χ1) is 9.28. The zero-order valence-electron chi connectivity index (χ0n) is 12.2. The van der Waals surface area contributed by atoms with Crippen LogP contribution in [0.1, 0.15) is 32.1 Å². The molecule has 19 heavy (non-hydrogen) atoms. The Balaban J connectivity index is 1.68. The van der Waals surface area contributed by atoms with Crippen LogP contribution < -0.4 is 5.32 Å². The van der Waals surface area contributed by atoms with E-state index in [2.05, 4.69) is 12.4 Å². The lowest BCUT2D eigenvalue weighted by molar-refractivity contribution is -0.111. The molecule has 0 radical (unpaired) electrons. The molecule has 3 aliphatic rings. The van der Waals surface area contributed by atoms with Crippen molar-refractivity contribution in [2.45, 2.75) is 49.9 Å². The van der Waals surface area contributed by atoms with Gasteiger partial charge in [0.25, 0.3) is 0 Å². The molecule has 3 rings (SSSR count). The Morgan fingerprint density at radius 3 is 2.63 bits per heavy atom. The summed E-state index contributed by atoms with van der Waals surface area (Å²) >= 11 is 0. The maximum atomic E-state index is 6.05. The molecule has 4 unspecified atom stereocenters. The second-order valence-corrected chi connectivity index (χ2v) is 6.44. The first-order valence-electron chi connectivity index (χ1n) is 7.70. The van der Waals surface area contributed by atoms with E-state index < -0.39 is 0 Å². The van der Waals surface area contributed by atoms with Gasteiger partial charge in [-0.1, -0.05) is 0 Å². The molecule has 4 heteroatoms. The van der Waals surface area contributed by atoms with E-state index >= 15 is 0 Å². The van der Waals surface area contributed by atoms with Crippen molar-refractivity contribution >= 4 is 0 Å². The van der Waals surface area contributed by atoms with Gasteiger partial charge >= 0.3 is 0 Å². The van der Waals surface area contributed by atoms with Gasteiger partial charge in [0.15, 0.2) is 0 Å². The van der Waals surface area contributed by atoms with Crippen LogP contribution in [0, 0.1) is 11.8 Å². The highest BCUT2D eigenvalue weighted by Crippen LogP contribution is 2.42. The van der Waals surface area contributed by atoms with Crippen LogP contribution >= 0.6 is 0 Å². The molecule has 3 fully saturated rings. The van der Waals surface area contributed by atoms with E-state index in [1.807, 2.05) is 7.11 Å². The Morgan fingerprint density at radius 1 is 1.21 bits per heavy atom. The summed E-state index contributed by atoms with van der Waals surface area (Å²) in [6.45, 7) is 2.50. The minimum Gasteiger partial charge on any atom is -0.380 e. The quantitative estimate of drug-likeness (QED) is 0.822. The van der Waals surface area contributed by atoms with Crippen LogP contribution in [0.5, 0.6) is 0 Å². The maximum Gasteiger partial charge on any atom is 0.0939 e. The highest BCUT2D eigenvalue weighted by Gasteiger charge is 2.46. The number of rotatable bonds is 5. The van der Waals surface area contributed by atoms with Gasteiger partial charge in [-0.25, -0.2) is 0 Å². The van der Waals surface area contributed by atoms with Crippen molar-refractivity contribution in [1.29, 1.82) is 0 Å². The van der Waals surface area contributed by atoms with Crippen molar-refractivity contribution in [3.05, 3.63) is 0 Å². The highest BCUT2D eigenvalue weighted by molar-refractivity contribution is 4.98. The average molecular weight is 269 g/mol. The summed E-state index contributed by atoms with van der Waals surface area (Å²) in [6, 6.07) is 0.457. The first-order valence-corrected chi connectivity index (χ1v) is 7.70. The number of likely N-dealkylation sites (N-methyl/N-ethyl adjacent to an activating group) is 1. The van der Waals surface area contributed by atoms with Gasteiger partial charge in [-0.15, -0.1) is 0 Å². The Hall–Kier alpha value is -0.160. The minimum atomic E-state index is -0.000140. The minimum absolute atomic E-state index is 0.000140. The second kappa shape index (κ2) is 5.68. The fourth-order valence-corrected chi connectivity index (χ4v) is 3.96. The van der Waals surface area contributed by atoms with Gasteiger partial charge in [-0.05, 0) is 44.6 Å². The van der Waals surface area contributed by atoms with Crippen molar-refractivity contribution in [3.8, 4) is 0 Å². The van der Waals surface area contributed by atoms with Crippen molar-refractivity contribution in [2.75, 3.05) is 34.0 Å². The van der Waals surface area contributed by atoms with Gasteiger partial charge in [0.1, 0.15) is 0 Å². The van der Waals surface area contributed by atoms with E-state index in [0.717, 1.165) is 45.0 Å². The Kier molecular flexibility index (Phi) is 4.13. The van der Waals surface area contributed by atoms with E-state index in [0.29, 0.717) is 18.1 Å². The van der Waals surface area contributed by atoms with Gasteiger partial charge in [-0.2, -0.15) is 0 Å². The maximum absolute atomic E-state index is 6.05. The number of hydrogen-bond acceptors (Lipinski definition) is 4. The van der Waals surface area contributed by atoms with Crippen molar-refractivity contribution < 1.29 is 14.2 Å². The molecule has 0 aromatic heterocycles. The van der Waals surface area contributed by atoms with E-state index in [4.69, 9.17) is 14.2 Å². The predicted octanol–water partition coefficient (Wildman–Crippen LogP) is 1.59. The Labute approximate surface area is 116 Å². The van der Waals surface area contributed by atoms with E-state index in [1.54, 1.807) is 0 Å². The summed E-state index contributed by atoms with van der Waals surface area (Å²) in [5, 5.41) is 3.53. The zero-order valence-corrected chi connectivity index (χ0v) is 12.2. The third-order valence-corrected chi connectivity index (χ3v) is 5.15. The largest absolute Gasteiger partial charge is 0.380 e. The van der Waals surface area contributed by atoms with Gasteiger partial charge in [0.2, 0.25) is 0 Å². The van der Waals surface area contributed by atoms with Crippen LogP contribution in [-0.2, 0) is 14.2 Å². The topological polar surface area (TPSA) is 39.7 Å². The molecule has 1 saturated carbocycles. The molecule has 1 spiro atoms. The van der Waals surface area contributed by atoms with E-state index in [1.165, 1.54) is 12.8 Å². The lowest BCUT2D eigenvalue weighted by Gasteiger charge is -2.42. The second-order valence-electron chi connectivity index (χ2n) is 6.44. The number of ether oxygens (including phenoxy) is 3. The number of hydrogen-bond donors (Lipinski definition) is 1.